The van der Waals surface area contributed by atoms with Crippen molar-refractivity contribution in [2.45, 2.75) is 64.8 Å². The van der Waals surface area contributed by atoms with Gasteiger partial charge in [0, 0.05) is 12.0 Å². The van der Waals surface area contributed by atoms with Gasteiger partial charge in [-0.15, -0.1) is 5.10 Å². The number of alkyl halides is 6. The van der Waals surface area contributed by atoms with Crippen LogP contribution in [0, 0.1) is 11.8 Å². The molecule has 7 nitrogen and oxygen atoms in total. The van der Waals surface area contributed by atoms with Crippen LogP contribution in [0.5, 0.6) is 5.75 Å². The highest BCUT2D eigenvalue weighted by molar-refractivity contribution is 5.96. The first-order chi connectivity index (χ1) is 16.6. The lowest BCUT2D eigenvalue weighted by Gasteiger charge is -2.32. The Kier molecular flexibility index (Phi) is 7.61. The number of hydrogen-bond donors (Lipinski definition) is 1. The van der Waals surface area contributed by atoms with E-state index in [4.69, 9.17) is 9.84 Å². The molecule has 1 aromatic carbocycles. The zero-order valence-electron chi connectivity index (χ0n) is 19.7. The molecule has 0 aliphatic heterocycles. The molecule has 0 bridgehead atoms. The molecule has 2 aromatic rings. The fraction of sp³-hybridized carbons (Fsp3) is 0.522. The predicted molar refractivity (Wildman–Crippen MR) is 116 cm³/mol. The molecule has 0 spiro atoms. The summed E-state index contributed by atoms with van der Waals surface area (Å²) in [5.41, 5.74) is -3.78. The average Bonchev–Trinajstić information content (AvgIpc) is 3.15. The maximum atomic E-state index is 13.4. The highest BCUT2D eigenvalue weighted by Crippen LogP contribution is 2.39. The van der Waals surface area contributed by atoms with Crippen molar-refractivity contribution in [1.82, 2.24) is 9.78 Å². The molecular weight excluding hydrogens is 496 g/mol. The molecule has 1 amide bonds. The van der Waals surface area contributed by atoms with Crippen molar-refractivity contribution in [2.24, 2.45) is 11.8 Å². The van der Waals surface area contributed by atoms with E-state index in [1.807, 2.05) is 0 Å². The van der Waals surface area contributed by atoms with E-state index >= 15 is 0 Å². The topological polar surface area (TPSA) is 84.7 Å². The monoisotopic (exact) mass is 521 g/mol. The lowest BCUT2D eigenvalue weighted by Crippen LogP contribution is -2.42. The smallest absolute Gasteiger partial charge is 0.449 e. The van der Waals surface area contributed by atoms with E-state index < -0.39 is 53.0 Å². The fourth-order valence-corrected chi connectivity index (χ4v) is 4.19. The van der Waals surface area contributed by atoms with Crippen LogP contribution in [0.2, 0.25) is 0 Å². The number of rotatable bonds is 5. The molecule has 1 heterocycles. The Morgan fingerprint density at radius 1 is 1.03 bits per heavy atom. The van der Waals surface area contributed by atoms with Gasteiger partial charge in [-0.05, 0) is 63.6 Å². The number of hydrogen-bond acceptors (Lipinski definition) is 4. The van der Waals surface area contributed by atoms with E-state index in [1.54, 1.807) is 13.8 Å². The standard InChI is InChI=1S/C23H25F6N3O4/c1-12(2)32(20(33)14-6-4-13(3)5-7-14)19-18(36-21(34)35)11-31(30-19)17-9-15(22(24,25)26)8-16(10-17)23(27,28)29/h8-14H,4-7H2,1-3H3,(H,34,35)/t13-,14-. The molecule has 1 saturated carbocycles. The second-order valence-corrected chi connectivity index (χ2v) is 9.15. The van der Waals surface area contributed by atoms with Crippen LogP contribution in [0.4, 0.5) is 37.0 Å². The van der Waals surface area contributed by atoms with E-state index in [9.17, 15) is 35.9 Å². The van der Waals surface area contributed by atoms with Gasteiger partial charge in [-0.2, -0.15) is 26.3 Å². The molecule has 0 radical (unpaired) electrons. The Balaban J connectivity index is 2.13. The molecule has 1 N–H and O–H groups in total. The van der Waals surface area contributed by atoms with E-state index in [0.29, 0.717) is 35.6 Å². The van der Waals surface area contributed by atoms with Gasteiger partial charge in [0.05, 0.1) is 23.0 Å². The summed E-state index contributed by atoms with van der Waals surface area (Å²) in [6.45, 7) is 5.31. The van der Waals surface area contributed by atoms with Crippen LogP contribution < -0.4 is 9.64 Å². The van der Waals surface area contributed by atoms with Crippen molar-refractivity contribution >= 4 is 17.9 Å². The first kappa shape index (κ1) is 27.3. The van der Waals surface area contributed by atoms with Gasteiger partial charge >= 0.3 is 18.5 Å². The number of amides is 1. The van der Waals surface area contributed by atoms with E-state index in [-0.39, 0.29) is 17.8 Å². The third-order valence-electron chi connectivity index (χ3n) is 6.04. The van der Waals surface area contributed by atoms with Crippen LogP contribution in [0.1, 0.15) is 57.6 Å². The molecule has 1 aliphatic rings. The predicted octanol–water partition coefficient (Wildman–Crippen LogP) is 6.53. The lowest BCUT2D eigenvalue weighted by atomic mass is 9.82. The van der Waals surface area contributed by atoms with Crippen LogP contribution in [-0.2, 0) is 17.1 Å². The van der Waals surface area contributed by atoms with Crippen LogP contribution in [0.3, 0.4) is 0 Å². The van der Waals surface area contributed by atoms with Crippen molar-refractivity contribution in [1.29, 1.82) is 0 Å². The number of carbonyl (C=O) groups excluding carboxylic acids is 1. The number of carboxylic acid groups (broad SMARTS) is 1. The minimum Gasteiger partial charge on any atom is -0.449 e. The second kappa shape index (κ2) is 10.0. The third-order valence-corrected chi connectivity index (χ3v) is 6.04. The number of anilines is 1. The summed E-state index contributed by atoms with van der Waals surface area (Å²) in [5, 5.41) is 13.2. The number of benzene rings is 1. The average molecular weight is 521 g/mol. The molecule has 0 atom stereocenters. The van der Waals surface area contributed by atoms with Gasteiger partial charge < -0.3 is 9.84 Å². The number of carbonyl (C=O) groups is 2. The number of aromatic nitrogens is 2. The Morgan fingerprint density at radius 3 is 2.00 bits per heavy atom. The summed E-state index contributed by atoms with van der Waals surface area (Å²) in [6, 6.07) is 0.293. The SMILES string of the molecule is CC(C)N(c1nn(-c2cc(C(F)(F)F)cc(C(F)(F)F)c2)cc1OC(=O)O)C(=O)[C@H]1CC[C@H](C)CC1. The molecule has 1 aliphatic carbocycles. The number of halogens is 6. The normalized spacial score (nSPS) is 18.8. The molecule has 3 rings (SSSR count). The molecule has 1 aromatic heterocycles. The van der Waals surface area contributed by atoms with Gasteiger partial charge in [0.15, 0.2) is 5.75 Å². The van der Waals surface area contributed by atoms with Crippen molar-refractivity contribution < 1.29 is 45.8 Å². The molecular formula is C23H25F6N3O4. The minimum absolute atomic E-state index is 0.0312. The molecule has 198 valence electrons. The van der Waals surface area contributed by atoms with Crippen LogP contribution in [0.15, 0.2) is 24.4 Å². The van der Waals surface area contributed by atoms with Crippen LogP contribution in [-0.4, -0.2) is 33.0 Å². The van der Waals surface area contributed by atoms with Gasteiger partial charge in [-0.1, -0.05) is 6.92 Å². The van der Waals surface area contributed by atoms with E-state index in [1.165, 1.54) is 4.90 Å². The van der Waals surface area contributed by atoms with Gasteiger partial charge in [-0.3, -0.25) is 9.69 Å². The first-order valence-corrected chi connectivity index (χ1v) is 11.2. The Morgan fingerprint density at radius 2 is 1.56 bits per heavy atom. The first-order valence-electron chi connectivity index (χ1n) is 11.2. The lowest BCUT2D eigenvalue weighted by molar-refractivity contribution is -0.143. The van der Waals surface area contributed by atoms with Crippen molar-refractivity contribution in [2.75, 3.05) is 4.90 Å². The highest BCUT2D eigenvalue weighted by atomic mass is 19.4. The van der Waals surface area contributed by atoms with Gasteiger partial charge in [-0.25, -0.2) is 9.48 Å². The quantitative estimate of drug-likeness (QED) is 0.357. The summed E-state index contributed by atoms with van der Waals surface area (Å²) in [4.78, 5) is 25.8. The zero-order valence-corrected chi connectivity index (χ0v) is 19.7. The summed E-state index contributed by atoms with van der Waals surface area (Å²) in [5.74, 6) is -1.15. The van der Waals surface area contributed by atoms with Crippen LogP contribution >= 0.6 is 0 Å². The third kappa shape index (κ3) is 6.11. The molecule has 1 fully saturated rings. The van der Waals surface area contributed by atoms with Gasteiger partial charge in [0.2, 0.25) is 11.7 Å². The van der Waals surface area contributed by atoms with Crippen LogP contribution in [0.25, 0.3) is 5.69 Å². The maximum absolute atomic E-state index is 13.4. The largest absolute Gasteiger partial charge is 0.511 e. The minimum atomic E-state index is -5.09. The van der Waals surface area contributed by atoms with Crippen molar-refractivity contribution in [3.63, 3.8) is 0 Å². The molecule has 0 unspecified atom stereocenters. The molecule has 36 heavy (non-hydrogen) atoms. The molecule has 0 saturated heterocycles. The summed E-state index contributed by atoms with van der Waals surface area (Å²) < 4.78 is 85.3. The Hall–Kier alpha value is -3.25. The molecule has 13 heteroatoms. The summed E-state index contributed by atoms with van der Waals surface area (Å²) in [7, 11) is 0. The number of ether oxygens (including phenoxy) is 1. The maximum Gasteiger partial charge on any atom is 0.511 e. The van der Waals surface area contributed by atoms with E-state index in [0.717, 1.165) is 19.0 Å². The Bertz CT molecular complexity index is 1090. The van der Waals surface area contributed by atoms with Gasteiger partial charge in [0.1, 0.15) is 0 Å². The van der Waals surface area contributed by atoms with Crippen molar-refractivity contribution in [3.05, 3.63) is 35.5 Å². The zero-order chi connectivity index (χ0) is 27.0. The number of nitrogens with zero attached hydrogens (tertiary/aromatic N) is 3. The Labute approximate surface area is 202 Å². The van der Waals surface area contributed by atoms with Crippen molar-refractivity contribution in [3.8, 4) is 11.4 Å². The highest BCUT2D eigenvalue weighted by Gasteiger charge is 2.38. The summed E-state index contributed by atoms with van der Waals surface area (Å²) in [6.07, 6.45) is -8.36. The second-order valence-electron chi connectivity index (χ2n) is 9.15. The van der Waals surface area contributed by atoms with Gasteiger partial charge in [0.25, 0.3) is 0 Å². The van der Waals surface area contributed by atoms with E-state index in [2.05, 4.69) is 12.0 Å². The fourth-order valence-electron chi connectivity index (χ4n) is 4.19. The summed E-state index contributed by atoms with van der Waals surface area (Å²) >= 11 is 0.